The Bertz CT molecular complexity index is 616. The van der Waals surface area contributed by atoms with Crippen LogP contribution in [0.3, 0.4) is 0 Å². The van der Waals surface area contributed by atoms with Crippen LogP contribution < -0.4 is 10.5 Å². The quantitative estimate of drug-likeness (QED) is 0.384. The lowest BCUT2D eigenvalue weighted by Gasteiger charge is -2.15. The summed E-state index contributed by atoms with van der Waals surface area (Å²) >= 11 is 0. The summed E-state index contributed by atoms with van der Waals surface area (Å²) in [6.45, 7) is 5.83. The van der Waals surface area contributed by atoms with Crippen LogP contribution in [0, 0.1) is 13.8 Å². The van der Waals surface area contributed by atoms with Gasteiger partial charge in [-0.15, -0.1) is 0 Å². The molecule has 0 aliphatic heterocycles. The third-order valence-electron chi connectivity index (χ3n) is 3.25. The average molecular weight is 262 g/mol. The SMILES string of the molecule is CCC(Oc1cccc2c(C)c(C)oc12)C(N)=NO. The largest absolute Gasteiger partial charge is 0.478 e. The Kier molecular flexibility index (Phi) is 3.64. The molecule has 0 amide bonds. The number of furan rings is 1. The van der Waals surface area contributed by atoms with E-state index in [0.717, 1.165) is 16.7 Å². The van der Waals surface area contributed by atoms with Gasteiger partial charge in [0.2, 0.25) is 0 Å². The maximum absolute atomic E-state index is 8.74. The summed E-state index contributed by atoms with van der Waals surface area (Å²) in [5.74, 6) is 1.52. The topological polar surface area (TPSA) is 81.0 Å². The average Bonchev–Trinajstić information content (AvgIpc) is 2.72. The number of benzene rings is 1. The Morgan fingerprint density at radius 3 is 2.84 bits per heavy atom. The van der Waals surface area contributed by atoms with E-state index in [1.165, 1.54) is 0 Å². The van der Waals surface area contributed by atoms with Gasteiger partial charge in [-0.2, -0.15) is 0 Å². The summed E-state index contributed by atoms with van der Waals surface area (Å²) in [5.41, 5.74) is 7.39. The minimum absolute atomic E-state index is 0.0551. The van der Waals surface area contributed by atoms with Crippen molar-refractivity contribution in [1.29, 1.82) is 0 Å². The van der Waals surface area contributed by atoms with Crippen molar-refractivity contribution in [2.24, 2.45) is 10.9 Å². The van der Waals surface area contributed by atoms with Crippen molar-refractivity contribution in [2.45, 2.75) is 33.3 Å². The summed E-state index contributed by atoms with van der Waals surface area (Å²) in [5, 5.41) is 12.8. The molecule has 2 aromatic rings. The standard InChI is InChI=1S/C14H18N2O3/c1-4-11(14(15)16-17)19-12-7-5-6-10-8(2)9(3)18-13(10)12/h5-7,11,17H,4H2,1-3H3,(H2,15,16). The highest BCUT2D eigenvalue weighted by Crippen LogP contribution is 2.32. The van der Waals surface area contributed by atoms with Crippen molar-refractivity contribution in [2.75, 3.05) is 0 Å². The number of nitrogens with two attached hydrogens (primary N) is 1. The van der Waals surface area contributed by atoms with E-state index in [1.54, 1.807) is 0 Å². The molecule has 2 rings (SSSR count). The van der Waals surface area contributed by atoms with Crippen LogP contribution in [0.5, 0.6) is 5.75 Å². The van der Waals surface area contributed by atoms with Gasteiger partial charge in [0.05, 0.1) is 0 Å². The van der Waals surface area contributed by atoms with Crippen LogP contribution in [-0.2, 0) is 0 Å². The summed E-state index contributed by atoms with van der Waals surface area (Å²) in [6, 6.07) is 5.70. The van der Waals surface area contributed by atoms with Crippen LogP contribution in [0.15, 0.2) is 27.8 Å². The third-order valence-corrected chi connectivity index (χ3v) is 3.25. The Balaban J connectivity index is 2.43. The molecule has 0 aliphatic rings. The lowest BCUT2D eigenvalue weighted by atomic mass is 10.1. The number of nitrogens with zero attached hydrogens (tertiary/aromatic N) is 1. The molecule has 1 atom stereocenters. The van der Waals surface area contributed by atoms with E-state index in [2.05, 4.69) is 5.16 Å². The summed E-state index contributed by atoms with van der Waals surface area (Å²) in [4.78, 5) is 0. The van der Waals surface area contributed by atoms with Gasteiger partial charge < -0.3 is 20.1 Å². The Morgan fingerprint density at radius 1 is 1.47 bits per heavy atom. The number of para-hydroxylation sites is 1. The Morgan fingerprint density at radius 2 is 2.21 bits per heavy atom. The molecule has 0 saturated heterocycles. The number of oxime groups is 1. The molecular weight excluding hydrogens is 244 g/mol. The zero-order chi connectivity index (χ0) is 14.0. The minimum Gasteiger partial charge on any atom is -0.478 e. The fourth-order valence-electron chi connectivity index (χ4n) is 2.00. The van der Waals surface area contributed by atoms with Crippen molar-refractivity contribution >= 4 is 16.8 Å². The van der Waals surface area contributed by atoms with Crippen LogP contribution in [0.4, 0.5) is 0 Å². The first-order valence-electron chi connectivity index (χ1n) is 6.21. The van der Waals surface area contributed by atoms with Crippen LogP contribution in [0.25, 0.3) is 11.0 Å². The van der Waals surface area contributed by atoms with Crippen molar-refractivity contribution in [3.63, 3.8) is 0 Å². The van der Waals surface area contributed by atoms with E-state index in [9.17, 15) is 0 Å². The molecule has 0 fully saturated rings. The zero-order valence-corrected chi connectivity index (χ0v) is 11.3. The fourth-order valence-corrected chi connectivity index (χ4v) is 2.00. The first-order valence-corrected chi connectivity index (χ1v) is 6.21. The summed E-state index contributed by atoms with van der Waals surface area (Å²) < 4.78 is 11.5. The van der Waals surface area contributed by atoms with Gasteiger partial charge in [-0.25, -0.2) is 0 Å². The van der Waals surface area contributed by atoms with Gasteiger partial charge in [0.25, 0.3) is 0 Å². The lowest BCUT2D eigenvalue weighted by molar-refractivity contribution is 0.246. The maximum atomic E-state index is 8.74. The van der Waals surface area contributed by atoms with E-state index >= 15 is 0 Å². The van der Waals surface area contributed by atoms with E-state index in [4.69, 9.17) is 20.1 Å². The molecule has 1 aromatic heterocycles. The molecule has 1 aromatic carbocycles. The molecule has 0 aliphatic carbocycles. The maximum Gasteiger partial charge on any atom is 0.180 e. The first-order chi connectivity index (χ1) is 9.08. The number of hydrogen-bond donors (Lipinski definition) is 2. The number of aryl methyl sites for hydroxylation is 2. The summed E-state index contributed by atoms with van der Waals surface area (Å²) in [7, 11) is 0. The van der Waals surface area contributed by atoms with Gasteiger partial charge in [-0.1, -0.05) is 24.2 Å². The van der Waals surface area contributed by atoms with Crippen molar-refractivity contribution in [3.8, 4) is 5.75 Å². The smallest absolute Gasteiger partial charge is 0.180 e. The molecule has 102 valence electrons. The number of fused-ring (bicyclic) bond motifs is 1. The van der Waals surface area contributed by atoms with Crippen molar-refractivity contribution in [3.05, 3.63) is 29.5 Å². The highest BCUT2D eigenvalue weighted by molar-refractivity contribution is 5.88. The molecule has 1 unspecified atom stereocenters. The molecular formula is C14H18N2O3. The molecule has 5 heteroatoms. The second-order valence-corrected chi connectivity index (χ2v) is 4.46. The molecule has 0 bridgehead atoms. The molecule has 0 saturated carbocycles. The molecule has 1 heterocycles. The second-order valence-electron chi connectivity index (χ2n) is 4.46. The zero-order valence-electron chi connectivity index (χ0n) is 11.3. The fraction of sp³-hybridized carbons (Fsp3) is 0.357. The monoisotopic (exact) mass is 262 g/mol. The molecule has 5 nitrogen and oxygen atoms in total. The first kappa shape index (κ1) is 13.3. The van der Waals surface area contributed by atoms with Crippen molar-refractivity contribution in [1.82, 2.24) is 0 Å². The molecule has 0 spiro atoms. The van der Waals surface area contributed by atoms with E-state index in [-0.39, 0.29) is 5.84 Å². The second kappa shape index (κ2) is 5.22. The number of amidine groups is 1. The highest BCUT2D eigenvalue weighted by atomic mass is 16.5. The Labute approximate surface area is 111 Å². The number of rotatable bonds is 4. The lowest BCUT2D eigenvalue weighted by Crippen LogP contribution is -2.33. The van der Waals surface area contributed by atoms with Gasteiger partial charge in [-0.3, -0.25) is 0 Å². The van der Waals surface area contributed by atoms with Crippen LogP contribution in [-0.4, -0.2) is 17.1 Å². The highest BCUT2D eigenvalue weighted by Gasteiger charge is 2.17. The van der Waals surface area contributed by atoms with Crippen LogP contribution >= 0.6 is 0 Å². The number of hydrogen-bond acceptors (Lipinski definition) is 4. The van der Waals surface area contributed by atoms with Crippen LogP contribution in [0.2, 0.25) is 0 Å². The van der Waals surface area contributed by atoms with E-state index < -0.39 is 6.10 Å². The van der Waals surface area contributed by atoms with Gasteiger partial charge in [0.1, 0.15) is 5.76 Å². The van der Waals surface area contributed by atoms with Crippen molar-refractivity contribution < 1.29 is 14.4 Å². The summed E-state index contributed by atoms with van der Waals surface area (Å²) in [6.07, 6.45) is 0.131. The Hall–Kier alpha value is -2.17. The van der Waals surface area contributed by atoms with Gasteiger partial charge in [0.15, 0.2) is 23.3 Å². The molecule has 0 radical (unpaired) electrons. The minimum atomic E-state index is -0.471. The third kappa shape index (κ3) is 2.36. The predicted molar refractivity (Wildman–Crippen MR) is 73.8 cm³/mol. The van der Waals surface area contributed by atoms with E-state index in [1.807, 2.05) is 39.0 Å². The van der Waals surface area contributed by atoms with Gasteiger partial charge >= 0.3 is 0 Å². The van der Waals surface area contributed by atoms with Crippen LogP contribution in [0.1, 0.15) is 24.7 Å². The normalized spacial score (nSPS) is 13.7. The van der Waals surface area contributed by atoms with Gasteiger partial charge in [-0.05, 0) is 31.9 Å². The predicted octanol–water partition coefficient (Wildman–Crippen LogP) is 2.95. The molecule has 19 heavy (non-hydrogen) atoms. The molecule has 3 N–H and O–H groups in total. The number of ether oxygens (including phenoxy) is 1. The van der Waals surface area contributed by atoms with Gasteiger partial charge in [0, 0.05) is 5.39 Å². The van der Waals surface area contributed by atoms with E-state index in [0.29, 0.717) is 17.8 Å².